The largest absolute Gasteiger partial charge is 0.484 e. The average molecular weight is 403 g/mol. The Hall–Kier alpha value is -2.76. The van der Waals surface area contributed by atoms with Gasteiger partial charge in [0.2, 0.25) is 0 Å². The highest BCUT2D eigenvalue weighted by atomic mass is 35.5. The van der Waals surface area contributed by atoms with Gasteiger partial charge >= 0.3 is 0 Å². The van der Waals surface area contributed by atoms with Crippen molar-refractivity contribution < 1.29 is 13.9 Å². The van der Waals surface area contributed by atoms with E-state index in [1.807, 2.05) is 25.1 Å². The van der Waals surface area contributed by atoms with Gasteiger partial charge in [0, 0.05) is 15.6 Å². The molecular weight excluding hydrogens is 387 g/mol. The Labute approximate surface area is 166 Å². The predicted octanol–water partition coefficient (Wildman–Crippen LogP) is 5.09. The standard InChI is InChI=1S/C20H16Cl2N2O3/c1-13-10-16(6-8-18(13)22)26-12-20(25)24-23-11-17-7-9-19(27-17)14-2-4-15(21)5-3-14/h2-11H,12H2,1H3,(H,24,25)/b23-11+. The van der Waals surface area contributed by atoms with Gasteiger partial charge in [-0.05, 0) is 67.1 Å². The fourth-order valence-corrected chi connectivity index (χ4v) is 2.49. The summed E-state index contributed by atoms with van der Waals surface area (Å²) in [5.74, 6) is 1.37. The number of rotatable bonds is 6. The Morgan fingerprint density at radius 3 is 2.67 bits per heavy atom. The molecule has 1 N–H and O–H groups in total. The molecule has 0 fully saturated rings. The lowest BCUT2D eigenvalue weighted by Crippen LogP contribution is -2.24. The van der Waals surface area contributed by atoms with Crippen LogP contribution in [0, 0.1) is 6.92 Å². The van der Waals surface area contributed by atoms with Crippen molar-refractivity contribution in [3.8, 4) is 17.1 Å². The summed E-state index contributed by atoms with van der Waals surface area (Å²) in [6, 6.07) is 16.1. The van der Waals surface area contributed by atoms with Gasteiger partial charge in [-0.1, -0.05) is 23.2 Å². The molecule has 5 nitrogen and oxygen atoms in total. The van der Waals surface area contributed by atoms with E-state index in [-0.39, 0.29) is 12.5 Å². The van der Waals surface area contributed by atoms with Crippen LogP contribution in [-0.4, -0.2) is 18.7 Å². The summed E-state index contributed by atoms with van der Waals surface area (Å²) in [6.07, 6.45) is 1.42. The van der Waals surface area contributed by atoms with E-state index in [4.69, 9.17) is 32.4 Å². The van der Waals surface area contributed by atoms with E-state index in [0.29, 0.717) is 27.3 Å². The van der Waals surface area contributed by atoms with Gasteiger partial charge in [-0.2, -0.15) is 5.10 Å². The zero-order valence-corrected chi connectivity index (χ0v) is 15.9. The maximum absolute atomic E-state index is 11.8. The number of amides is 1. The van der Waals surface area contributed by atoms with Crippen molar-refractivity contribution in [3.63, 3.8) is 0 Å². The molecule has 0 atom stereocenters. The van der Waals surface area contributed by atoms with E-state index in [1.165, 1.54) is 6.21 Å². The molecule has 1 amide bonds. The predicted molar refractivity (Wildman–Crippen MR) is 107 cm³/mol. The third kappa shape index (κ3) is 5.36. The first-order valence-corrected chi connectivity index (χ1v) is 8.83. The molecule has 0 aliphatic carbocycles. The van der Waals surface area contributed by atoms with E-state index >= 15 is 0 Å². The number of carbonyl (C=O) groups excluding carboxylic acids is 1. The monoisotopic (exact) mass is 402 g/mol. The number of nitrogens with zero attached hydrogens (tertiary/aromatic N) is 1. The number of nitrogens with one attached hydrogen (secondary N) is 1. The van der Waals surface area contributed by atoms with Crippen molar-refractivity contribution in [2.75, 3.05) is 6.61 Å². The molecular formula is C20H16Cl2N2O3. The van der Waals surface area contributed by atoms with Crippen molar-refractivity contribution >= 4 is 35.3 Å². The number of carbonyl (C=O) groups is 1. The first kappa shape index (κ1) is 19.0. The number of benzene rings is 2. The molecule has 7 heteroatoms. The maximum atomic E-state index is 11.8. The Kier molecular flexibility index (Phi) is 6.16. The minimum atomic E-state index is -0.386. The van der Waals surface area contributed by atoms with Crippen molar-refractivity contribution in [2.24, 2.45) is 5.10 Å². The van der Waals surface area contributed by atoms with E-state index in [1.54, 1.807) is 36.4 Å². The van der Waals surface area contributed by atoms with Crippen LogP contribution in [0.25, 0.3) is 11.3 Å². The third-order valence-corrected chi connectivity index (χ3v) is 4.31. The summed E-state index contributed by atoms with van der Waals surface area (Å²) in [7, 11) is 0. The summed E-state index contributed by atoms with van der Waals surface area (Å²) >= 11 is 11.8. The van der Waals surface area contributed by atoms with Crippen LogP contribution in [0.5, 0.6) is 5.75 Å². The Bertz CT molecular complexity index is 966. The molecule has 0 aliphatic heterocycles. The van der Waals surface area contributed by atoms with Gasteiger partial charge in [-0.25, -0.2) is 5.43 Å². The van der Waals surface area contributed by atoms with E-state index in [2.05, 4.69) is 10.5 Å². The van der Waals surface area contributed by atoms with Crippen molar-refractivity contribution in [1.82, 2.24) is 5.43 Å². The van der Waals surface area contributed by atoms with E-state index in [0.717, 1.165) is 11.1 Å². The zero-order valence-electron chi connectivity index (χ0n) is 14.4. The lowest BCUT2D eigenvalue weighted by molar-refractivity contribution is -0.123. The molecule has 0 saturated carbocycles. The lowest BCUT2D eigenvalue weighted by atomic mass is 10.2. The minimum absolute atomic E-state index is 0.160. The Morgan fingerprint density at radius 2 is 1.93 bits per heavy atom. The number of furan rings is 1. The zero-order chi connectivity index (χ0) is 19.2. The second-order valence-corrected chi connectivity index (χ2v) is 6.55. The van der Waals surface area contributed by atoms with Gasteiger partial charge in [0.25, 0.3) is 5.91 Å². The third-order valence-electron chi connectivity index (χ3n) is 3.64. The topological polar surface area (TPSA) is 63.8 Å². The molecule has 0 unspecified atom stereocenters. The van der Waals surface area contributed by atoms with E-state index in [9.17, 15) is 4.79 Å². The summed E-state index contributed by atoms with van der Waals surface area (Å²) in [5, 5.41) is 5.17. The van der Waals surface area contributed by atoms with Crippen LogP contribution in [-0.2, 0) is 4.79 Å². The number of hydrogen-bond donors (Lipinski definition) is 1. The molecule has 0 bridgehead atoms. The molecule has 3 rings (SSSR count). The first-order valence-electron chi connectivity index (χ1n) is 8.08. The fraction of sp³-hybridized carbons (Fsp3) is 0.100. The van der Waals surface area contributed by atoms with Crippen LogP contribution >= 0.6 is 23.2 Å². The first-order chi connectivity index (χ1) is 13.0. The van der Waals surface area contributed by atoms with Crippen LogP contribution < -0.4 is 10.2 Å². The molecule has 1 aromatic heterocycles. The number of hydrazone groups is 1. The Balaban J connectivity index is 1.50. The number of hydrogen-bond acceptors (Lipinski definition) is 4. The maximum Gasteiger partial charge on any atom is 0.277 e. The minimum Gasteiger partial charge on any atom is -0.484 e. The molecule has 0 aliphatic rings. The van der Waals surface area contributed by atoms with Gasteiger partial charge in [-0.3, -0.25) is 4.79 Å². The number of halogens is 2. The Morgan fingerprint density at radius 1 is 1.15 bits per heavy atom. The van der Waals surface area contributed by atoms with Gasteiger partial charge < -0.3 is 9.15 Å². The molecule has 0 radical (unpaired) electrons. The van der Waals surface area contributed by atoms with Crippen molar-refractivity contribution in [2.45, 2.75) is 6.92 Å². The highest BCUT2D eigenvalue weighted by Crippen LogP contribution is 2.23. The fourth-order valence-electron chi connectivity index (χ4n) is 2.25. The highest BCUT2D eigenvalue weighted by molar-refractivity contribution is 6.31. The second-order valence-electron chi connectivity index (χ2n) is 5.70. The van der Waals surface area contributed by atoms with Crippen LogP contribution in [0.1, 0.15) is 11.3 Å². The number of aryl methyl sites for hydroxylation is 1. The quantitative estimate of drug-likeness (QED) is 0.461. The van der Waals surface area contributed by atoms with Crippen LogP contribution in [0.2, 0.25) is 10.0 Å². The molecule has 1 heterocycles. The summed E-state index contributed by atoms with van der Waals surface area (Å²) in [6.45, 7) is 1.70. The SMILES string of the molecule is Cc1cc(OCC(=O)N/N=C/c2ccc(-c3ccc(Cl)cc3)o2)ccc1Cl. The van der Waals surface area contributed by atoms with Crippen LogP contribution in [0.15, 0.2) is 64.1 Å². The van der Waals surface area contributed by atoms with Gasteiger partial charge in [0.15, 0.2) is 6.61 Å². The summed E-state index contributed by atoms with van der Waals surface area (Å²) in [4.78, 5) is 11.8. The highest BCUT2D eigenvalue weighted by Gasteiger charge is 2.05. The average Bonchev–Trinajstić information content (AvgIpc) is 3.12. The second kappa shape index (κ2) is 8.75. The van der Waals surface area contributed by atoms with E-state index < -0.39 is 0 Å². The van der Waals surface area contributed by atoms with Crippen LogP contribution in [0.3, 0.4) is 0 Å². The smallest absolute Gasteiger partial charge is 0.277 e. The van der Waals surface area contributed by atoms with Gasteiger partial charge in [0.1, 0.15) is 17.3 Å². The lowest BCUT2D eigenvalue weighted by Gasteiger charge is -2.06. The van der Waals surface area contributed by atoms with Crippen molar-refractivity contribution in [1.29, 1.82) is 0 Å². The van der Waals surface area contributed by atoms with Crippen molar-refractivity contribution in [3.05, 3.63) is 76.0 Å². The van der Waals surface area contributed by atoms with Crippen LogP contribution in [0.4, 0.5) is 0 Å². The molecule has 27 heavy (non-hydrogen) atoms. The molecule has 138 valence electrons. The summed E-state index contributed by atoms with van der Waals surface area (Å²) in [5.41, 5.74) is 4.16. The summed E-state index contributed by atoms with van der Waals surface area (Å²) < 4.78 is 11.1. The van der Waals surface area contributed by atoms with Gasteiger partial charge in [-0.15, -0.1) is 0 Å². The molecule has 3 aromatic rings. The molecule has 0 spiro atoms. The van der Waals surface area contributed by atoms with Gasteiger partial charge in [0.05, 0.1) is 6.21 Å². The normalized spacial score (nSPS) is 10.9. The number of ether oxygens (including phenoxy) is 1. The molecule has 2 aromatic carbocycles. The molecule has 0 saturated heterocycles.